The molecule has 4 rings (SSSR count). The zero-order valence-electron chi connectivity index (χ0n) is 15.1. The lowest BCUT2D eigenvalue weighted by molar-refractivity contribution is -0.115. The smallest absolute Gasteiger partial charge is 0.161 e. The molecule has 0 spiro atoms. The number of ketones is 1. The molecule has 0 saturated heterocycles. The summed E-state index contributed by atoms with van der Waals surface area (Å²) in [5.41, 5.74) is 3.77. The molecule has 128 valence electrons. The fourth-order valence-corrected chi connectivity index (χ4v) is 4.65. The van der Waals surface area contributed by atoms with Gasteiger partial charge in [0.15, 0.2) is 5.78 Å². The zero-order chi connectivity index (χ0) is 17.1. The maximum absolute atomic E-state index is 12.4. The Kier molecular flexibility index (Phi) is 3.52. The maximum Gasteiger partial charge on any atom is 0.161 e. The van der Waals surface area contributed by atoms with Gasteiger partial charge in [0.2, 0.25) is 0 Å². The lowest BCUT2D eigenvalue weighted by Crippen LogP contribution is -2.24. The number of Topliss-reactive ketones (excluding diaryl/α,β-unsaturated/α-hetero) is 1. The third kappa shape index (κ3) is 2.45. The summed E-state index contributed by atoms with van der Waals surface area (Å²) in [6.45, 7) is 6.69. The number of fused-ring (bicyclic) bond motifs is 1. The SMILES string of the molecule is COc1ccc(C(N/C(C)=C2\C(=O)C[C@@H]3[C@H]2C3(C)C)C2CC2)cc1. The molecule has 3 nitrogen and oxygen atoms in total. The molecule has 1 unspecified atom stereocenters. The zero-order valence-corrected chi connectivity index (χ0v) is 15.1. The van der Waals surface area contributed by atoms with Crippen molar-refractivity contribution in [3.63, 3.8) is 0 Å². The van der Waals surface area contributed by atoms with Crippen molar-refractivity contribution >= 4 is 5.78 Å². The van der Waals surface area contributed by atoms with Gasteiger partial charge >= 0.3 is 0 Å². The molecule has 3 fully saturated rings. The monoisotopic (exact) mass is 325 g/mol. The number of nitrogens with one attached hydrogen (secondary N) is 1. The second kappa shape index (κ2) is 5.37. The van der Waals surface area contributed by atoms with E-state index in [0.717, 1.165) is 23.4 Å². The van der Waals surface area contributed by atoms with Crippen molar-refractivity contribution in [1.29, 1.82) is 0 Å². The molecular weight excluding hydrogens is 298 g/mol. The summed E-state index contributed by atoms with van der Waals surface area (Å²) in [6, 6.07) is 8.64. The van der Waals surface area contributed by atoms with Gasteiger partial charge in [0.1, 0.15) is 5.75 Å². The fraction of sp³-hybridized carbons (Fsp3) is 0.571. The summed E-state index contributed by atoms with van der Waals surface area (Å²) in [5, 5.41) is 3.72. The van der Waals surface area contributed by atoms with Gasteiger partial charge in [0.05, 0.1) is 13.2 Å². The minimum Gasteiger partial charge on any atom is -0.497 e. The molecule has 3 atom stereocenters. The van der Waals surface area contributed by atoms with Gasteiger partial charge in [0, 0.05) is 17.7 Å². The third-order valence-corrected chi connectivity index (χ3v) is 6.41. The van der Waals surface area contributed by atoms with Crippen LogP contribution in [-0.4, -0.2) is 12.9 Å². The Bertz CT molecular complexity index is 697. The van der Waals surface area contributed by atoms with E-state index in [-0.39, 0.29) is 0 Å². The summed E-state index contributed by atoms with van der Waals surface area (Å²) >= 11 is 0. The topological polar surface area (TPSA) is 38.3 Å². The Morgan fingerprint density at radius 2 is 1.92 bits per heavy atom. The number of hydrogen-bond acceptors (Lipinski definition) is 3. The lowest BCUT2D eigenvalue weighted by atomic mass is 9.94. The van der Waals surface area contributed by atoms with Gasteiger partial charge in [-0.2, -0.15) is 0 Å². The van der Waals surface area contributed by atoms with E-state index in [1.807, 2.05) is 12.1 Å². The lowest BCUT2D eigenvalue weighted by Gasteiger charge is -2.23. The number of benzene rings is 1. The van der Waals surface area contributed by atoms with E-state index in [1.54, 1.807) is 7.11 Å². The maximum atomic E-state index is 12.4. The predicted octanol–water partition coefficient (Wildman–Crippen LogP) is 4.25. The molecule has 3 aliphatic carbocycles. The van der Waals surface area contributed by atoms with Crippen molar-refractivity contribution in [3.8, 4) is 5.75 Å². The molecule has 24 heavy (non-hydrogen) atoms. The van der Waals surface area contributed by atoms with Crippen LogP contribution in [-0.2, 0) is 4.79 Å². The number of carbonyl (C=O) groups excluding carboxylic acids is 1. The third-order valence-electron chi connectivity index (χ3n) is 6.41. The highest BCUT2D eigenvalue weighted by Crippen LogP contribution is 2.68. The van der Waals surface area contributed by atoms with Gasteiger partial charge in [0.25, 0.3) is 0 Å². The summed E-state index contributed by atoms with van der Waals surface area (Å²) < 4.78 is 5.27. The van der Waals surface area contributed by atoms with Crippen LogP contribution in [0.5, 0.6) is 5.75 Å². The molecule has 0 bridgehead atoms. The summed E-state index contributed by atoms with van der Waals surface area (Å²) in [6.07, 6.45) is 3.26. The second-order valence-electron chi connectivity index (χ2n) is 8.30. The summed E-state index contributed by atoms with van der Waals surface area (Å²) in [7, 11) is 1.69. The molecule has 0 aromatic heterocycles. The molecular formula is C21H27NO2. The van der Waals surface area contributed by atoms with E-state index < -0.39 is 0 Å². The first-order valence-corrected chi connectivity index (χ1v) is 9.08. The van der Waals surface area contributed by atoms with Crippen LogP contribution in [0.25, 0.3) is 0 Å². The van der Waals surface area contributed by atoms with E-state index in [2.05, 4.69) is 38.2 Å². The Morgan fingerprint density at radius 3 is 2.46 bits per heavy atom. The molecule has 1 aromatic carbocycles. The minimum atomic E-state index is 0.303. The molecule has 0 aliphatic heterocycles. The molecule has 0 heterocycles. The largest absolute Gasteiger partial charge is 0.497 e. The van der Waals surface area contributed by atoms with E-state index in [1.165, 1.54) is 18.4 Å². The quantitative estimate of drug-likeness (QED) is 0.822. The van der Waals surface area contributed by atoms with Gasteiger partial charge in [-0.05, 0) is 60.6 Å². The van der Waals surface area contributed by atoms with Crippen molar-refractivity contribution in [2.75, 3.05) is 7.11 Å². The van der Waals surface area contributed by atoms with Gasteiger partial charge in [-0.3, -0.25) is 4.79 Å². The average molecular weight is 325 g/mol. The summed E-state index contributed by atoms with van der Waals surface area (Å²) in [4.78, 5) is 12.4. The van der Waals surface area contributed by atoms with Crippen LogP contribution in [0, 0.1) is 23.2 Å². The molecule has 1 N–H and O–H groups in total. The fourth-order valence-electron chi connectivity index (χ4n) is 4.65. The highest BCUT2D eigenvalue weighted by Gasteiger charge is 2.65. The number of hydrogen-bond donors (Lipinski definition) is 1. The van der Waals surface area contributed by atoms with E-state index in [0.29, 0.717) is 35.0 Å². The van der Waals surface area contributed by atoms with Crippen LogP contribution in [0.2, 0.25) is 0 Å². The summed E-state index contributed by atoms with van der Waals surface area (Å²) in [5.74, 6) is 2.95. The van der Waals surface area contributed by atoms with Crippen LogP contribution >= 0.6 is 0 Å². The highest BCUT2D eigenvalue weighted by molar-refractivity contribution is 6.01. The van der Waals surface area contributed by atoms with E-state index in [4.69, 9.17) is 4.74 Å². The first kappa shape index (κ1) is 15.7. The molecule has 3 saturated carbocycles. The Labute approximate surface area is 144 Å². The van der Waals surface area contributed by atoms with Gasteiger partial charge in [-0.25, -0.2) is 0 Å². The number of methoxy groups -OCH3 is 1. The Morgan fingerprint density at radius 1 is 1.25 bits per heavy atom. The van der Waals surface area contributed by atoms with Crippen LogP contribution in [0.3, 0.4) is 0 Å². The number of allylic oxidation sites excluding steroid dienone is 2. The van der Waals surface area contributed by atoms with Gasteiger partial charge in [-0.1, -0.05) is 26.0 Å². The number of rotatable bonds is 5. The van der Waals surface area contributed by atoms with Crippen LogP contribution in [0.4, 0.5) is 0 Å². The average Bonchev–Trinajstić information content (AvgIpc) is 3.44. The number of carbonyl (C=O) groups is 1. The van der Waals surface area contributed by atoms with Crippen LogP contribution < -0.4 is 10.1 Å². The first-order valence-electron chi connectivity index (χ1n) is 9.08. The van der Waals surface area contributed by atoms with Crippen LogP contribution in [0.15, 0.2) is 35.5 Å². The van der Waals surface area contributed by atoms with Crippen molar-refractivity contribution in [2.45, 2.75) is 46.1 Å². The van der Waals surface area contributed by atoms with Crippen molar-refractivity contribution in [3.05, 3.63) is 41.1 Å². The molecule has 0 radical (unpaired) electrons. The molecule has 3 aliphatic rings. The minimum absolute atomic E-state index is 0.303. The van der Waals surface area contributed by atoms with E-state index in [9.17, 15) is 4.79 Å². The van der Waals surface area contributed by atoms with Gasteiger partial charge in [-0.15, -0.1) is 0 Å². The Balaban J connectivity index is 1.59. The first-order chi connectivity index (χ1) is 11.4. The van der Waals surface area contributed by atoms with Crippen molar-refractivity contribution in [2.24, 2.45) is 23.2 Å². The Hall–Kier alpha value is -1.77. The van der Waals surface area contributed by atoms with Crippen molar-refractivity contribution in [1.82, 2.24) is 5.32 Å². The highest BCUT2D eigenvalue weighted by atomic mass is 16.5. The molecule has 0 amide bonds. The standard InChI is InChI=1S/C21H27NO2/c1-12(18-17(23)11-16-19(18)21(16,2)3)22-20(13-5-6-13)14-7-9-15(24-4)10-8-14/h7-10,13,16,19-20,22H,5-6,11H2,1-4H3/b18-12+/t16-,19-,20?/m1/s1. The predicted molar refractivity (Wildman–Crippen MR) is 94.7 cm³/mol. The van der Waals surface area contributed by atoms with Crippen LogP contribution in [0.1, 0.15) is 51.6 Å². The normalized spacial score (nSPS) is 30.6. The second-order valence-corrected chi connectivity index (χ2v) is 8.30. The van der Waals surface area contributed by atoms with Crippen molar-refractivity contribution < 1.29 is 9.53 Å². The molecule has 1 aromatic rings. The van der Waals surface area contributed by atoms with E-state index >= 15 is 0 Å². The molecule has 3 heteroatoms. The number of ether oxygens (including phenoxy) is 1. The van der Waals surface area contributed by atoms with Gasteiger partial charge < -0.3 is 10.1 Å².